The fourth-order valence-electron chi connectivity index (χ4n) is 2.58. The SMILES string of the molecule is COc1cc(C)ccc1CNC(=O)CCC1CCNC1. The monoisotopic (exact) mass is 276 g/mol. The van der Waals surface area contributed by atoms with Crippen LogP contribution in [0.4, 0.5) is 0 Å². The minimum Gasteiger partial charge on any atom is -0.496 e. The van der Waals surface area contributed by atoms with Gasteiger partial charge >= 0.3 is 0 Å². The molecule has 0 aliphatic carbocycles. The van der Waals surface area contributed by atoms with Crippen molar-refractivity contribution in [3.8, 4) is 5.75 Å². The van der Waals surface area contributed by atoms with E-state index in [-0.39, 0.29) is 5.91 Å². The van der Waals surface area contributed by atoms with Gasteiger partial charge in [0, 0.05) is 18.5 Å². The van der Waals surface area contributed by atoms with Gasteiger partial charge in [-0.15, -0.1) is 0 Å². The molecule has 0 aromatic heterocycles. The number of amides is 1. The molecule has 1 aromatic carbocycles. The molecule has 2 rings (SSSR count). The highest BCUT2D eigenvalue weighted by Gasteiger charge is 2.15. The molecule has 0 radical (unpaired) electrons. The van der Waals surface area contributed by atoms with E-state index in [2.05, 4.69) is 10.6 Å². The molecule has 0 saturated carbocycles. The number of rotatable bonds is 6. The van der Waals surface area contributed by atoms with Crippen LogP contribution in [0.2, 0.25) is 0 Å². The molecular formula is C16H24N2O2. The lowest BCUT2D eigenvalue weighted by Gasteiger charge is -2.11. The van der Waals surface area contributed by atoms with Gasteiger partial charge in [-0.2, -0.15) is 0 Å². The minimum absolute atomic E-state index is 0.125. The maximum absolute atomic E-state index is 11.9. The third kappa shape index (κ3) is 4.23. The van der Waals surface area contributed by atoms with Gasteiger partial charge in [0.25, 0.3) is 0 Å². The van der Waals surface area contributed by atoms with E-state index >= 15 is 0 Å². The highest BCUT2D eigenvalue weighted by molar-refractivity contribution is 5.75. The molecule has 1 saturated heterocycles. The van der Waals surface area contributed by atoms with Crippen LogP contribution in [0.1, 0.15) is 30.4 Å². The van der Waals surface area contributed by atoms with E-state index in [9.17, 15) is 4.79 Å². The lowest BCUT2D eigenvalue weighted by molar-refractivity contribution is -0.121. The molecular weight excluding hydrogens is 252 g/mol. The number of ether oxygens (including phenoxy) is 1. The Kier molecular flexibility index (Phi) is 5.41. The summed E-state index contributed by atoms with van der Waals surface area (Å²) in [6, 6.07) is 6.04. The highest BCUT2D eigenvalue weighted by atomic mass is 16.5. The zero-order chi connectivity index (χ0) is 14.4. The first-order valence-electron chi connectivity index (χ1n) is 7.30. The summed E-state index contributed by atoms with van der Waals surface area (Å²) < 4.78 is 5.34. The maximum Gasteiger partial charge on any atom is 0.220 e. The van der Waals surface area contributed by atoms with E-state index in [4.69, 9.17) is 4.74 Å². The van der Waals surface area contributed by atoms with E-state index in [1.54, 1.807) is 7.11 Å². The third-order valence-corrected chi connectivity index (χ3v) is 3.86. The molecule has 0 bridgehead atoms. The Morgan fingerprint density at radius 3 is 3.05 bits per heavy atom. The standard InChI is InChI=1S/C16H24N2O2/c1-12-3-5-14(15(9-12)20-2)11-18-16(19)6-4-13-7-8-17-10-13/h3,5,9,13,17H,4,6-8,10-11H2,1-2H3,(H,18,19). The van der Waals surface area contributed by atoms with Crippen LogP contribution in [0.15, 0.2) is 18.2 Å². The van der Waals surface area contributed by atoms with Crippen LogP contribution in [-0.2, 0) is 11.3 Å². The Bertz CT molecular complexity index is 454. The van der Waals surface area contributed by atoms with Crippen molar-refractivity contribution < 1.29 is 9.53 Å². The second-order valence-electron chi connectivity index (χ2n) is 5.49. The van der Waals surface area contributed by atoms with Gasteiger partial charge in [-0.05, 0) is 50.4 Å². The number of hydrogen-bond acceptors (Lipinski definition) is 3. The molecule has 20 heavy (non-hydrogen) atoms. The van der Waals surface area contributed by atoms with Gasteiger partial charge in [0.1, 0.15) is 5.75 Å². The topological polar surface area (TPSA) is 50.4 Å². The lowest BCUT2D eigenvalue weighted by Crippen LogP contribution is -2.23. The van der Waals surface area contributed by atoms with Crippen LogP contribution in [0.5, 0.6) is 5.75 Å². The summed E-state index contributed by atoms with van der Waals surface area (Å²) in [7, 11) is 1.66. The largest absolute Gasteiger partial charge is 0.496 e. The van der Waals surface area contributed by atoms with Crippen molar-refractivity contribution >= 4 is 5.91 Å². The smallest absolute Gasteiger partial charge is 0.220 e. The van der Waals surface area contributed by atoms with Crippen molar-refractivity contribution in [2.75, 3.05) is 20.2 Å². The summed E-state index contributed by atoms with van der Waals surface area (Å²) in [5.41, 5.74) is 2.18. The Morgan fingerprint density at radius 2 is 2.35 bits per heavy atom. The molecule has 1 unspecified atom stereocenters. The van der Waals surface area contributed by atoms with Gasteiger partial charge < -0.3 is 15.4 Å². The minimum atomic E-state index is 0.125. The number of hydrogen-bond donors (Lipinski definition) is 2. The van der Waals surface area contributed by atoms with Gasteiger partial charge in [0.15, 0.2) is 0 Å². The third-order valence-electron chi connectivity index (χ3n) is 3.86. The number of methoxy groups -OCH3 is 1. The molecule has 2 N–H and O–H groups in total. The number of carbonyl (C=O) groups is 1. The van der Waals surface area contributed by atoms with Crippen molar-refractivity contribution in [3.05, 3.63) is 29.3 Å². The van der Waals surface area contributed by atoms with Gasteiger partial charge in [-0.1, -0.05) is 12.1 Å². The van der Waals surface area contributed by atoms with Crippen LogP contribution >= 0.6 is 0 Å². The van der Waals surface area contributed by atoms with Crippen LogP contribution in [0, 0.1) is 12.8 Å². The molecule has 1 fully saturated rings. The molecule has 1 heterocycles. The Balaban J connectivity index is 1.77. The van der Waals surface area contributed by atoms with E-state index in [0.29, 0.717) is 18.9 Å². The molecule has 1 amide bonds. The summed E-state index contributed by atoms with van der Waals surface area (Å²) in [4.78, 5) is 11.9. The molecule has 1 atom stereocenters. The fraction of sp³-hybridized carbons (Fsp3) is 0.562. The highest BCUT2D eigenvalue weighted by Crippen LogP contribution is 2.20. The second-order valence-corrected chi connectivity index (χ2v) is 5.49. The average Bonchev–Trinajstić information content (AvgIpc) is 2.97. The van der Waals surface area contributed by atoms with Crippen molar-refractivity contribution in [2.45, 2.75) is 32.7 Å². The second kappa shape index (κ2) is 7.29. The molecule has 4 heteroatoms. The van der Waals surface area contributed by atoms with Gasteiger partial charge in [-0.3, -0.25) is 4.79 Å². The fourth-order valence-corrected chi connectivity index (χ4v) is 2.58. The van der Waals surface area contributed by atoms with Crippen LogP contribution in [0.25, 0.3) is 0 Å². The molecule has 1 aliphatic heterocycles. The molecule has 110 valence electrons. The quantitative estimate of drug-likeness (QED) is 0.835. The Labute approximate surface area is 120 Å². The van der Waals surface area contributed by atoms with Crippen LogP contribution < -0.4 is 15.4 Å². The summed E-state index contributed by atoms with van der Waals surface area (Å²) in [5.74, 6) is 1.62. The van der Waals surface area contributed by atoms with E-state index < -0.39 is 0 Å². The molecule has 0 spiro atoms. The van der Waals surface area contributed by atoms with Gasteiger partial charge in [0.05, 0.1) is 7.11 Å². The first-order chi connectivity index (χ1) is 9.69. The predicted molar refractivity (Wildman–Crippen MR) is 79.8 cm³/mol. The summed E-state index contributed by atoms with van der Waals surface area (Å²) in [6.07, 6.45) is 2.78. The normalized spacial score (nSPS) is 18.0. The van der Waals surface area contributed by atoms with Crippen molar-refractivity contribution in [3.63, 3.8) is 0 Å². The Morgan fingerprint density at radius 1 is 1.50 bits per heavy atom. The molecule has 1 aliphatic rings. The first kappa shape index (κ1) is 14.9. The van der Waals surface area contributed by atoms with Gasteiger partial charge in [0.2, 0.25) is 5.91 Å². The van der Waals surface area contributed by atoms with E-state index in [1.165, 1.54) is 6.42 Å². The van der Waals surface area contributed by atoms with Gasteiger partial charge in [-0.25, -0.2) is 0 Å². The van der Waals surface area contributed by atoms with E-state index in [0.717, 1.165) is 36.4 Å². The van der Waals surface area contributed by atoms with Crippen molar-refractivity contribution in [2.24, 2.45) is 5.92 Å². The number of nitrogens with one attached hydrogen (secondary N) is 2. The average molecular weight is 276 g/mol. The summed E-state index contributed by atoms with van der Waals surface area (Å²) in [5, 5.41) is 6.30. The summed E-state index contributed by atoms with van der Waals surface area (Å²) in [6.45, 7) is 4.71. The van der Waals surface area contributed by atoms with Crippen LogP contribution in [0.3, 0.4) is 0 Å². The zero-order valence-corrected chi connectivity index (χ0v) is 12.4. The molecule has 1 aromatic rings. The number of benzene rings is 1. The summed E-state index contributed by atoms with van der Waals surface area (Å²) >= 11 is 0. The number of carbonyl (C=O) groups excluding carboxylic acids is 1. The zero-order valence-electron chi connectivity index (χ0n) is 12.4. The Hall–Kier alpha value is -1.55. The first-order valence-corrected chi connectivity index (χ1v) is 7.30. The van der Waals surface area contributed by atoms with E-state index in [1.807, 2.05) is 25.1 Å². The maximum atomic E-state index is 11.9. The van der Waals surface area contributed by atoms with Crippen molar-refractivity contribution in [1.82, 2.24) is 10.6 Å². The van der Waals surface area contributed by atoms with Crippen LogP contribution in [-0.4, -0.2) is 26.1 Å². The lowest BCUT2D eigenvalue weighted by atomic mass is 10.0. The van der Waals surface area contributed by atoms with Crippen molar-refractivity contribution in [1.29, 1.82) is 0 Å². The predicted octanol–water partition coefficient (Wildman–Crippen LogP) is 2.01. The number of aryl methyl sites for hydroxylation is 1. The molecule has 4 nitrogen and oxygen atoms in total.